The number of rotatable bonds is 9. The molecule has 31 heavy (non-hydrogen) atoms. The fraction of sp³-hybridized carbons (Fsp3) is 0.391. The van der Waals surface area contributed by atoms with Crippen LogP contribution >= 0.6 is 11.3 Å². The van der Waals surface area contributed by atoms with Gasteiger partial charge < -0.3 is 0 Å². The van der Waals surface area contributed by atoms with E-state index in [4.69, 9.17) is 0 Å². The fourth-order valence-corrected chi connectivity index (χ4v) is 5.83. The van der Waals surface area contributed by atoms with Gasteiger partial charge in [-0.25, -0.2) is 13.4 Å². The van der Waals surface area contributed by atoms with Gasteiger partial charge in [0.05, 0.1) is 15.1 Å². The first kappa shape index (κ1) is 23.4. The number of anilines is 1. The molecule has 0 atom stereocenters. The Balaban J connectivity index is 1.76. The molecule has 6 nitrogen and oxygen atoms in total. The predicted octanol–water partition coefficient (Wildman–Crippen LogP) is 5.48. The summed E-state index contributed by atoms with van der Waals surface area (Å²) in [5.74, 6) is 0.107. The van der Waals surface area contributed by atoms with Gasteiger partial charge in [0, 0.05) is 18.7 Å². The van der Waals surface area contributed by atoms with Crippen LogP contribution in [0.5, 0.6) is 0 Å². The SMILES string of the molecule is CCCN(CCC)S(=O)(=O)c1ccc(C(=O)Nc2nc3ccc(C(C)C)cc3s2)cc1. The van der Waals surface area contributed by atoms with Crippen LogP contribution in [0.25, 0.3) is 10.2 Å². The average molecular weight is 460 g/mol. The van der Waals surface area contributed by atoms with Crippen molar-refractivity contribution in [2.75, 3.05) is 18.4 Å². The summed E-state index contributed by atoms with van der Waals surface area (Å²) in [6.45, 7) is 9.15. The van der Waals surface area contributed by atoms with Gasteiger partial charge in [-0.05, 0) is 60.7 Å². The molecule has 3 rings (SSSR count). The van der Waals surface area contributed by atoms with Gasteiger partial charge in [-0.3, -0.25) is 10.1 Å². The van der Waals surface area contributed by atoms with Crippen molar-refractivity contribution in [3.05, 3.63) is 53.6 Å². The van der Waals surface area contributed by atoms with Crippen LogP contribution in [-0.2, 0) is 10.0 Å². The number of aromatic nitrogens is 1. The summed E-state index contributed by atoms with van der Waals surface area (Å²) >= 11 is 1.43. The minimum atomic E-state index is -3.56. The van der Waals surface area contributed by atoms with Gasteiger partial charge in [-0.15, -0.1) is 0 Å². The Hall–Kier alpha value is -2.29. The maximum Gasteiger partial charge on any atom is 0.257 e. The van der Waals surface area contributed by atoms with Crippen molar-refractivity contribution in [2.24, 2.45) is 0 Å². The molecule has 1 N–H and O–H groups in total. The summed E-state index contributed by atoms with van der Waals surface area (Å²) in [4.78, 5) is 17.3. The number of thiazole rings is 1. The summed E-state index contributed by atoms with van der Waals surface area (Å²) in [6, 6.07) is 12.2. The number of benzene rings is 2. The van der Waals surface area contributed by atoms with E-state index in [1.54, 1.807) is 12.1 Å². The third-order valence-electron chi connectivity index (χ3n) is 5.00. The van der Waals surface area contributed by atoms with E-state index in [2.05, 4.69) is 36.3 Å². The van der Waals surface area contributed by atoms with Gasteiger partial charge in [0.15, 0.2) is 5.13 Å². The van der Waals surface area contributed by atoms with Gasteiger partial charge in [-0.1, -0.05) is 45.1 Å². The second kappa shape index (κ2) is 9.89. The first-order valence-corrected chi connectivity index (χ1v) is 12.8. The molecule has 0 aliphatic heterocycles. The van der Waals surface area contributed by atoms with E-state index in [1.165, 1.54) is 33.3 Å². The molecule has 2 aromatic carbocycles. The number of nitrogens with zero attached hydrogens (tertiary/aromatic N) is 2. The standard InChI is InChI=1S/C23H29N3O3S2/c1-5-13-26(14-6-2)31(28,29)19-10-7-17(8-11-19)22(27)25-23-24-20-12-9-18(16(3)4)15-21(20)30-23/h7-12,15-16H,5-6,13-14H2,1-4H3,(H,24,25,27). The molecule has 0 bridgehead atoms. The van der Waals surface area contributed by atoms with Crippen LogP contribution in [0.3, 0.4) is 0 Å². The Kier molecular flexibility index (Phi) is 7.46. The smallest absolute Gasteiger partial charge is 0.257 e. The average Bonchev–Trinajstić information content (AvgIpc) is 3.15. The lowest BCUT2D eigenvalue weighted by Crippen LogP contribution is -2.32. The summed E-state index contributed by atoms with van der Waals surface area (Å²) in [5.41, 5.74) is 2.46. The van der Waals surface area contributed by atoms with Gasteiger partial charge in [-0.2, -0.15) is 4.31 Å². The lowest BCUT2D eigenvalue weighted by atomic mass is 10.0. The Bertz CT molecular complexity index is 1150. The zero-order valence-electron chi connectivity index (χ0n) is 18.4. The monoisotopic (exact) mass is 459 g/mol. The molecule has 0 spiro atoms. The van der Waals surface area contributed by atoms with E-state index in [0.29, 0.717) is 29.7 Å². The molecule has 0 radical (unpaired) electrons. The third-order valence-corrected chi connectivity index (χ3v) is 7.85. The molecule has 0 aliphatic carbocycles. The highest BCUT2D eigenvalue weighted by atomic mass is 32.2. The van der Waals surface area contributed by atoms with Crippen LogP contribution in [0.4, 0.5) is 5.13 Å². The van der Waals surface area contributed by atoms with E-state index in [1.807, 2.05) is 19.9 Å². The summed E-state index contributed by atoms with van der Waals surface area (Å²) in [5, 5.41) is 3.35. The number of amides is 1. The van der Waals surface area contributed by atoms with E-state index in [0.717, 1.165) is 23.1 Å². The van der Waals surface area contributed by atoms with Crippen LogP contribution in [0, 0.1) is 0 Å². The fourth-order valence-electron chi connectivity index (χ4n) is 3.30. The number of hydrogen-bond acceptors (Lipinski definition) is 5. The lowest BCUT2D eigenvalue weighted by molar-refractivity contribution is 0.102. The van der Waals surface area contributed by atoms with Gasteiger partial charge >= 0.3 is 0 Å². The Morgan fingerprint density at radius 1 is 1.06 bits per heavy atom. The second-order valence-electron chi connectivity index (χ2n) is 7.78. The third kappa shape index (κ3) is 5.31. The van der Waals surface area contributed by atoms with Crippen LogP contribution in [-0.4, -0.2) is 36.7 Å². The van der Waals surface area contributed by atoms with Gasteiger partial charge in [0.25, 0.3) is 5.91 Å². The highest BCUT2D eigenvalue weighted by molar-refractivity contribution is 7.89. The molecule has 1 heterocycles. The molecule has 1 amide bonds. The quantitative estimate of drug-likeness (QED) is 0.459. The number of fused-ring (bicyclic) bond motifs is 1. The summed E-state index contributed by atoms with van der Waals surface area (Å²) in [7, 11) is -3.56. The molecule has 0 fully saturated rings. The van der Waals surface area contributed by atoms with Crippen molar-refractivity contribution < 1.29 is 13.2 Å². The first-order chi connectivity index (χ1) is 14.8. The second-order valence-corrected chi connectivity index (χ2v) is 10.8. The molecule has 8 heteroatoms. The topological polar surface area (TPSA) is 79.4 Å². The van der Waals surface area contributed by atoms with Crippen LogP contribution in [0.2, 0.25) is 0 Å². The molecule has 3 aromatic rings. The normalized spacial score (nSPS) is 12.1. The highest BCUT2D eigenvalue weighted by Crippen LogP contribution is 2.29. The summed E-state index contributed by atoms with van der Waals surface area (Å²) in [6.07, 6.45) is 1.50. The molecular formula is C23H29N3O3S2. The van der Waals surface area contributed by atoms with Crippen LogP contribution < -0.4 is 5.32 Å². The molecule has 0 unspecified atom stereocenters. The minimum absolute atomic E-state index is 0.201. The van der Waals surface area contributed by atoms with Crippen molar-refractivity contribution in [1.29, 1.82) is 0 Å². The molecule has 0 saturated carbocycles. The Labute approximate surface area is 188 Å². The molecular weight excluding hydrogens is 430 g/mol. The molecule has 0 saturated heterocycles. The highest BCUT2D eigenvalue weighted by Gasteiger charge is 2.23. The number of carbonyl (C=O) groups excluding carboxylic acids is 1. The van der Waals surface area contributed by atoms with Crippen LogP contribution in [0.15, 0.2) is 47.4 Å². The van der Waals surface area contributed by atoms with Crippen molar-refractivity contribution in [2.45, 2.75) is 51.3 Å². The van der Waals surface area contributed by atoms with Crippen molar-refractivity contribution in [3.63, 3.8) is 0 Å². The molecule has 0 aliphatic rings. The lowest BCUT2D eigenvalue weighted by Gasteiger charge is -2.21. The first-order valence-electron chi connectivity index (χ1n) is 10.6. The van der Waals surface area contributed by atoms with E-state index in [9.17, 15) is 13.2 Å². The maximum absolute atomic E-state index is 12.9. The maximum atomic E-state index is 12.9. The molecule has 1 aromatic heterocycles. The van der Waals surface area contributed by atoms with Crippen molar-refractivity contribution >= 4 is 42.6 Å². The predicted molar refractivity (Wildman–Crippen MR) is 127 cm³/mol. The van der Waals surface area contributed by atoms with Gasteiger partial charge in [0.2, 0.25) is 10.0 Å². The minimum Gasteiger partial charge on any atom is -0.298 e. The van der Waals surface area contributed by atoms with Crippen molar-refractivity contribution in [3.8, 4) is 0 Å². The zero-order chi connectivity index (χ0) is 22.6. The summed E-state index contributed by atoms with van der Waals surface area (Å²) < 4.78 is 28.3. The van der Waals surface area contributed by atoms with E-state index in [-0.39, 0.29) is 10.8 Å². The largest absolute Gasteiger partial charge is 0.298 e. The van der Waals surface area contributed by atoms with Crippen molar-refractivity contribution in [1.82, 2.24) is 9.29 Å². The Morgan fingerprint density at radius 2 is 1.71 bits per heavy atom. The van der Waals surface area contributed by atoms with E-state index >= 15 is 0 Å². The zero-order valence-corrected chi connectivity index (χ0v) is 20.0. The Morgan fingerprint density at radius 3 is 2.29 bits per heavy atom. The number of sulfonamides is 1. The number of carbonyl (C=O) groups is 1. The molecule has 166 valence electrons. The van der Waals surface area contributed by atoms with E-state index < -0.39 is 10.0 Å². The number of nitrogens with one attached hydrogen (secondary N) is 1. The number of hydrogen-bond donors (Lipinski definition) is 1. The van der Waals surface area contributed by atoms with Gasteiger partial charge in [0.1, 0.15) is 0 Å². The van der Waals surface area contributed by atoms with Crippen LogP contribution in [0.1, 0.15) is 62.4 Å².